The summed E-state index contributed by atoms with van der Waals surface area (Å²) >= 11 is 0. The molecule has 0 aromatic carbocycles. The molecule has 1 fully saturated rings. The van der Waals surface area contributed by atoms with E-state index in [2.05, 4.69) is 0 Å². The molecule has 1 radical (unpaired) electrons. The van der Waals surface area contributed by atoms with E-state index in [1.807, 2.05) is 0 Å². The van der Waals surface area contributed by atoms with Gasteiger partial charge in [0.15, 0.2) is 6.29 Å². The average Bonchev–Trinajstić information content (AvgIpc) is 2.09. The lowest BCUT2D eigenvalue weighted by atomic mass is 10.0. The molecule has 4 atom stereocenters. The van der Waals surface area contributed by atoms with Gasteiger partial charge in [0.25, 0.3) is 0 Å². The van der Waals surface area contributed by atoms with Crippen molar-refractivity contribution in [1.82, 2.24) is 0 Å². The van der Waals surface area contributed by atoms with E-state index in [9.17, 15) is 10.2 Å². The van der Waals surface area contributed by atoms with Crippen LogP contribution in [-0.4, -0.2) is 53.6 Å². The van der Waals surface area contributed by atoms with Crippen LogP contribution in [0.3, 0.4) is 0 Å². The van der Waals surface area contributed by atoms with Crippen molar-refractivity contribution in [3.63, 3.8) is 0 Å². The zero-order valence-corrected chi connectivity index (χ0v) is 6.75. The van der Waals surface area contributed by atoms with Gasteiger partial charge >= 0.3 is 0 Å². The first kappa shape index (κ1) is 9.88. The van der Waals surface area contributed by atoms with Crippen LogP contribution in [0.1, 0.15) is 0 Å². The average molecular weight is 177 g/mol. The Bertz CT molecular complexity index is 140. The van der Waals surface area contributed by atoms with Crippen LogP contribution >= 0.6 is 0 Å². The minimum Gasteiger partial charge on any atom is -0.394 e. The molecule has 1 rings (SSSR count). The van der Waals surface area contributed by atoms with E-state index in [-0.39, 0.29) is 6.61 Å². The van der Waals surface area contributed by atoms with Crippen molar-refractivity contribution < 1.29 is 24.8 Å². The second-order valence-electron chi connectivity index (χ2n) is 2.63. The van der Waals surface area contributed by atoms with E-state index in [1.165, 1.54) is 13.5 Å². The molecule has 0 amide bonds. The summed E-state index contributed by atoms with van der Waals surface area (Å²) in [4.78, 5) is 0. The molecule has 71 valence electrons. The van der Waals surface area contributed by atoms with Crippen molar-refractivity contribution in [2.24, 2.45) is 0 Å². The fraction of sp³-hybridized carbons (Fsp3) is 0.857. The minimum atomic E-state index is -1.09. The second kappa shape index (κ2) is 4.15. The standard InChI is InChI=1S/C7H13O5/c1-11-7-6(10)5(9)2-4(3-8)12-7/h2,4-10H,3H2,1H3/t4-,5-,6+,7?/m0/s1. The van der Waals surface area contributed by atoms with Gasteiger partial charge in [-0.3, -0.25) is 0 Å². The lowest BCUT2D eigenvalue weighted by Gasteiger charge is -2.35. The molecule has 1 heterocycles. The van der Waals surface area contributed by atoms with Gasteiger partial charge < -0.3 is 24.8 Å². The van der Waals surface area contributed by atoms with Crippen LogP contribution in [0.2, 0.25) is 0 Å². The number of hydrogen-bond donors (Lipinski definition) is 3. The monoisotopic (exact) mass is 177 g/mol. The van der Waals surface area contributed by atoms with Crippen LogP contribution in [0.25, 0.3) is 0 Å². The van der Waals surface area contributed by atoms with E-state index in [4.69, 9.17) is 14.6 Å². The number of ether oxygens (including phenoxy) is 2. The van der Waals surface area contributed by atoms with Gasteiger partial charge in [-0.1, -0.05) is 0 Å². The van der Waals surface area contributed by atoms with Gasteiger partial charge in [-0.15, -0.1) is 0 Å². The molecule has 1 unspecified atom stereocenters. The van der Waals surface area contributed by atoms with Gasteiger partial charge in [0.1, 0.15) is 6.10 Å². The van der Waals surface area contributed by atoms with Crippen LogP contribution in [0.4, 0.5) is 0 Å². The second-order valence-corrected chi connectivity index (χ2v) is 2.63. The number of aliphatic hydroxyl groups excluding tert-OH is 3. The first-order valence-electron chi connectivity index (χ1n) is 3.69. The molecule has 5 heteroatoms. The summed E-state index contributed by atoms with van der Waals surface area (Å²) in [5, 5.41) is 27.1. The summed E-state index contributed by atoms with van der Waals surface area (Å²) in [6.45, 7) is -0.232. The summed E-state index contributed by atoms with van der Waals surface area (Å²) in [5.74, 6) is 0. The molecule has 3 N–H and O–H groups in total. The van der Waals surface area contributed by atoms with Crippen molar-refractivity contribution >= 4 is 0 Å². The highest BCUT2D eigenvalue weighted by Gasteiger charge is 2.36. The first-order valence-corrected chi connectivity index (χ1v) is 3.69. The maximum absolute atomic E-state index is 9.24. The van der Waals surface area contributed by atoms with Gasteiger partial charge in [0.05, 0.1) is 18.8 Å². The smallest absolute Gasteiger partial charge is 0.186 e. The molecule has 0 saturated carbocycles. The Hall–Kier alpha value is -0.200. The van der Waals surface area contributed by atoms with Crippen molar-refractivity contribution in [3.8, 4) is 0 Å². The lowest BCUT2D eigenvalue weighted by molar-refractivity contribution is -0.243. The van der Waals surface area contributed by atoms with Crippen LogP contribution in [0.15, 0.2) is 0 Å². The van der Waals surface area contributed by atoms with E-state index in [0.717, 1.165) is 0 Å². The molecule has 5 nitrogen and oxygen atoms in total. The van der Waals surface area contributed by atoms with Gasteiger partial charge in [0.2, 0.25) is 0 Å². The Morgan fingerprint density at radius 1 is 1.50 bits per heavy atom. The fourth-order valence-electron chi connectivity index (χ4n) is 1.09. The number of rotatable bonds is 2. The van der Waals surface area contributed by atoms with E-state index >= 15 is 0 Å². The third-order valence-corrected chi connectivity index (χ3v) is 1.76. The largest absolute Gasteiger partial charge is 0.394 e. The molecule has 1 aliphatic rings. The summed E-state index contributed by atoms with van der Waals surface area (Å²) < 4.78 is 9.77. The zero-order valence-electron chi connectivity index (χ0n) is 6.75. The maximum Gasteiger partial charge on any atom is 0.186 e. The number of aliphatic hydroxyl groups is 3. The van der Waals surface area contributed by atoms with Gasteiger partial charge in [-0.05, 0) is 0 Å². The molecule has 1 aliphatic heterocycles. The molecule has 0 spiro atoms. The van der Waals surface area contributed by atoms with Crippen LogP contribution in [0.5, 0.6) is 0 Å². The quantitative estimate of drug-likeness (QED) is 0.467. The van der Waals surface area contributed by atoms with Gasteiger partial charge in [-0.25, -0.2) is 0 Å². The minimum absolute atomic E-state index is 0.232. The SMILES string of the molecule is COC1O[C@H](CO)[CH][C@H](O)[C@H]1O. The predicted molar refractivity (Wildman–Crippen MR) is 39.1 cm³/mol. The molecular formula is C7H13O5. The first-order chi connectivity index (χ1) is 5.69. The predicted octanol–water partition coefficient (Wildman–Crippen LogP) is -1.72. The van der Waals surface area contributed by atoms with E-state index in [1.54, 1.807) is 0 Å². The Labute approximate surface area is 70.5 Å². The highest BCUT2D eigenvalue weighted by atomic mass is 16.7. The van der Waals surface area contributed by atoms with E-state index < -0.39 is 24.6 Å². The van der Waals surface area contributed by atoms with Crippen LogP contribution in [-0.2, 0) is 9.47 Å². The van der Waals surface area contributed by atoms with E-state index in [0.29, 0.717) is 0 Å². The third kappa shape index (κ3) is 1.94. The summed E-state index contributed by atoms with van der Waals surface area (Å²) in [6, 6.07) is 0. The third-order valence-electron chi connectivity index (χ3n) is 1.76. The van der Waals surface area contributed by atoms with Gasteiger partial charge in [-0.2, -0.15) is 0 Å². The highest BCUT2D eigenvalue weighted by Crippen LogP contribution is 2.19. The summed E-state index contributed by atoms with van der Waals surface area (Å²) in [6.07, 6.45) is -2.21. The van der Waals surface area contributed by atoms with Crippen LogP contribution < -0.4 is 0 Å². The van der Waals surface area contributed by atoms with Gasteiger partial charge in [0, 0.05) is 13.5 Å². The maximum atomic E-state index is 9.24. The Balaban J connectivity index is 2.52. The zero-order chi connectivity index (χ0) is 9.14. The number of methoxy groups -OCH3 is 1. The Morgan fingerprint density at radius 2 is 2.17 bits per heavy atom. The molecule has 0 bridgehead atoms. The lowest BCUT2D eigenvalue weighted by Crippen LogP contribution is -2.50. The molecule has 0 aliphatic carbocycles. The normalized spacial score (nSPS) is 43.0. The van der Waals surface area contributed by atoms with Crippen molar-refractivity contribution in [2.75, 3.05) is 13.7 Å². The molecule has 12 heavy (non-hydrogen) atoms. The fourth-order valence-corrected chi connectivity index (χ4v) is 1.09. The molecule has 0 aromatic rings. The molecule has 1 saturated heterocycles. The summed E-state index contributed by atoms with van der Waals surface area (Å²) in [5.41, 5.74) is 0. The summed E-state index contributed by atoms with van der Waals surface area (Å²) in [7, 11) is 1.36. The van der Waals surface area contributed by atoms with Crippen molar-refractivity contribution in [2.45, 2.75) is 24.6 Å². The number of hydrogen-bond acceptors (Lipinski definition) is 5. The highest BCUT2D eigenvalue weighted by molar-refractivity contribution is 4.94. The molecule has 0 aromatic heterocycles. The Morgan fingerprint density at radius 3 is 2.67 bits per heavy atom. The van der Waals surface area contributed by atoms with Crippen molar-refractivity contribution in [3.05, 3.63) is 6.42 Å². The van der Waals surface area contributed by atoms with Crippen LogP contribution in [0, 0.1) is 6.42 Å². The van der Waals surface area contributed by atoms with Crippen molar-refractivity contribution in [1.29, 1.82) is 0 Å². The topological polar surface area (TPSA) is 79.2 Å². The Kier molecular flexibility index (Phi) is 3.42. The molecular weight excluding hydrogens is 164 g/mol.